The highest BCUT2D eigenvalue weighted by atomic mass is 16.5. The van der Waals surface area contributed by atoms with Gasteiger partial charge in [-0.1, -0.05) is 24.3 Å². The molecule has 1 aromatic carbocycles. The van der Waals surface area contributed by atoms with Crippen LogP contribution in [0.1, 0.15) is 36.3 Å². The van der Waals surface area contributed by atoms with Crippen molar-refractivity contribution in [1.82, 2.24) is 4.98 Å². The molecule has 3 heteroatoms. The maximum Gasteiger partial charge on any atom is 0.181 e. The number of ether oxygens (including phenoxy) is 1. The zero-order valence-corrected chi connectivity index (χ0v) is 11.9. The van der Waals surface area contributed by atoms with E-state index in [9.17, 15) is 4.79 Å². The van der Waals surface area contributed by atoms with E-state index >= 15 is 0 Å². The van der Waals surface area contributed by atoms with Gasteiger partial charge in [0.1, 0.15) is 11.4 Å². The lowest BCUT2D eigenvalue weighted by Crippen LogP contribution is -2.09. The minimum Gasteiger partial charge on any atom is -0.491 e. The summed E-state index contributed by atoms with van der Waals surface area (Å²) < 4.78 is 5.76. The number of carbonyl (C=O) groups is 1. The largest absolute Gasteiger partial charge is 0.491 e. The molecular weight excluding hydrogens is 250 g/mol. The van der Waals surface area contributed by atoms with Gasteiger partial charge in [-0.05, 0) is 44.0 Å². The van der Waals surface area contributed by atoms with Gasteiger partial charge in [0.15, 0.2) is 5.78 Å². The molecule has 3 nitrogen and oxygen atoms in total. The van der Waals surface area contributed by atoms with E-state index in [-0.39, 0.29) is 11.9 Å². The van der Waals surface area contributed by atoms with E-state index in [2.05, 4.69) is 4.98 Å². The van der Waals surface area contributed by atoms with Crippen molar-refractivity contribution in [3.8, 4) is 5.75 Å². The molecule has 0 unspecified atom stereocenters. The predicted octanol–water partition coefficient (Wildman–Crippen LogP) is 3.68. The van der Waals surface area contributed by atoms with Crippen molar-refractivity contribution in [2.45, 2.75) is 32.8 Å². The number of nitrogens with zero attached hydrogens (tertiary/aromatic N) is 1. The first-order valence-electron chi connectivity index (χ1n) is 6.85. The molecule has 0 spiro atoms. The number of Topliss-reactive ketones (excluding diaryl/α,β-unsaturated/α-hetero) is 1. The third-order valence-corrected chi connectivity index (χ3v) is 2.91. The SMILES string of the molecule is CC(C)Oc1ccccc1CCC(=O)c1ccccn1. The lowest BCUT2D eigenvalue weighted by Gasteiger charge is -2.13. The molecule has 2 aromatic rings. The van der Waals surface area contributed by atoms with E-state index in [1.807, 2.05) is 50.2 Å². The summed E-state index contributed by atoms with van der Waals surface area (Å²) in [6.45, 7) is 3.99. The molecule has 0 bridgehead atoms. The van der Waals surface area contributed by atoms with Gasteiger partial charge in [-0.15, -0.1) is 0 Å². The Labute approximate surface area is 119 Å². The van der Waals surface area contributed by atoms with E-state index in [4.69, 9.17) is 4.74 Å². The Kier molecular flexibility index (Phi) is 4.88. The number of hydrogen-bond acceptors (Lipinski definition) is 3. The number of carbonyl (C=O) groups excluding carboxylic acids is 1. The molecular formula is C17H19NO2. The first-order chi connectivity index (χ1) is 9.66. The third-order valence-electron chi connectivity index (χ3n) is 2.91. The Bertz CT molecular complexity index is 564. The molecule has 2 rings (SSSR count). The van der Waals surface area contributed by atoms with Gasteiger partial charge in [-0.3, -0.25) is 9.78 Å². The van der Waals surface area contributed by atoms with Gasteiger partial charge in [0.2, 0.25) is 0 Å². The summed E-state index contributed by atoms with van der Waals surface area (Å²) in [4.78, 5) is 16.1. The summed E-state index contributed by atoms with van der Waals surface area (Å²) in [6, 6.07) is 13.2. The first kappa shape index (κ1) is 14.3. The van der Waals surface area contributed by atoms with Gasteiger partial charge in [-0.25, -0.2) is 0 Å². The van der Waals surface area contributed by atoms with Crippen LogP contribution in [0.2, 0.25) is 0 Å². The van der Waals surface area contributed by atoms with E-state index in [0.717, 1.165) is 11.3 Å². The zero-order chi connectivity index (χ0) is 14.4. The Hall–Kier alpha value is -2.16. The fraction of sp³-hybridized carbons (Fsp3) is 0.294. The molecule has 0 aliphatic carbocycles. The molecule has 0 amide bonds. The van der Waals surface area contributed by atoms with Gasteiger partial charge >= 0.3 is 0 Å². The van der Waals surface area contributed by atoms with Crippen molar-refractivity contribution in [3.05, 3.63) is 59.9 Å². The van der Waals surface area contributed by atoms with Crippen molar-refractivity contribution in [1.29, 1.82) is 0 Å². The highest BCUT2D eigenvalue weighted by Gasteiger charge is 2.10. The van der Waals surface area contributed by atoms with Crippen LogP contribution in [-0.2, 0) is 6.42 Å². The molecule has 0 aliphatic rings. The second-order valence-corrected chi connectivity index (χ2v) is 4.91. The second kappa shape index (κ2) is 6.85. The molecule has 1 aromatic heterocycles. The molecule has 0 atom stereocenters. The van der Waals surface area contributed by atoms with Crippen LogP contribution in [0.5, 0.6) is 5.75 Å². The topological polar surface area (TPSA) is 39.2 Å². The fourth-order valence-electron chi connectivity index (χ4n) is 1.98. The number of aromatic nitrogens is 1. The molecule has 0 saturated heterocycles. The van der Waals surface area contributed by atoms with Gasteiger partial charge < -0.3 is 4.74 Å². The molecule has 104 valence electrons. The quantitative estimate of drug-likeness (QED) is 0.751. The van der Waals surface area contributed by atoms with Crippen molar-refractivity contribution in [3.63, 3.8) is 0 Å². The van der Waals surface area contributed by atoms with Crippen LogP contribution in [0.25, 0.3) is 0 Å². The standard InChI is InChI=1S/C17H19NO2/c1-13(2)20-17-9-4-3-7-14(17)10-11-16(19)15-8-5-6-12-18-15/h3-9,12-13H,10-11H2,1-2H3. The number of ketones is 1. The highest BCUT2D eigenvalue weighted by molar-refractivity contribution is 5.94. The highest BCUT2D eigenvalue weighted by Crippen LogP contribution is 2.21. The molecule has 1 heterocycles. The fourth-order valence-corrected chi connectivity index (χ4v) is 1.98. The van der Waals surface area contributed by atoms with E-state index in [1.54, 1.807) is 12.3 Å². The van der Waals surface area contributed by atoms with E-state index in [1.165, 1.54) is 0 Å². The molecule has 20 heavy (non-hydrogen) atoms. The number of rotatable bonds is 6. The van der Waals surface area contributed by atoms with Crippen LogP contribution in [0.3, 0.4) is 0 Å². The zero-order valence-electron chi connectivity index (χ0n) is 11.9. The third kappa shape index (κ3) is 3.92. The number of hydrogen-bond donors (Lipinski definition) is 0. The first-order valence-corrected chi connectivity index (χ1v) is 6.85. The Balaban J connectivity index is 2.02. The van der Waals surface area contributed by atoms with Crippen LogP contribution >= 0.6 is 0 Å². The van der Waals surface area contributed by atoms with Gasteiger partial charge in [0.25, 0.3) is 0 Å². The van der Waals surface area contributed by atoms with Crippen molar-refractivity contribution in [2.24, 2.45) is 0 Å². The van der Waals surface area contributed by atoms with Gasteiger partial charge in [-0.2, -0.15) is 0 Å². The number of pyridine rings is 1. The molecule has 0 N–H and O–H groups in total. The van der Waals surface area contributed by atoms with Crippen molar-refractivity contribution < 1.29 is 9.53 Å². The van der Waals surface area contributed by atoms with Crippen LogP contribution in [0, 0.1) is 0 Å². The number of aryl methyl sites for hydroxylation is 1. The second-order valence-electron chi connectivity index (χ2n) is 4.91. The number of para-hydroxylation sites is 1. The molecule has 0 fully saturated rings. The Morgan fingerprint density at radius 2 is 1.90 bits per heavy atom. The molecule has 0 aliphatic heterocycles. The van der Waals surface area contributed by atoms with Crippen LogP contribution in [-0.4, -0.2) is 16.9 Å². The maximum absolute atomic E-state index is 12.0. The lowest BCUT2D eigenvalue weighted by atomic mass is 10.0. The van der Waals surface area contributed by atoms with Gasteiger partial charge in [0.05, 0.1) is 6.10 Å². The number of benzene rings is 1. The van der Waals surface area contributed by atoms with Crippen molar-refractivity contribution in [2.75, 3.05) is 0 Å². The molecule has 0 radical (unpaired) electrons. The molecule has 0 saturated carbocycles. The summed E-state index contributed by atoms with van der Waals surface area (Å²) in [7, 11) is 0. The summed E-state index contributed by atoms with van der Waals surface area (Å²) in [5.41, 5.74) is 1.58. The van der Waals surface area contributed by atoms with Crippen LogP contribution in [0.4, 0.5) is 0 Å². The minimum atomic E-state index is 0.0601. The van der Waals surface area contributed by atoms with Gasteiger partial charge in [0, 0.05) is 12.6 Å². The predicted molar refractivity (Wildman–Crippen MR) is 79.1 cm³/mol. The summed E-state index contributed by atoms with van der Waals surface area (Å²) in [5.74, 6) is 0.918. The van der Waals surface area contributed by atoms with Crippen LogP contribution < -0.4 is 4.74 Å². The lowest BCUT2D eigenvalue weighted by molar-refractivity contribution is 0.0978. The van der Waals surface area contributed by atoms with E-state index in [0.29, 0.717) is 18.5 Å². The minimum absolute atomic E-state index is 0.0601. The van der Waals surface area contributed by atoms with Crippen LogP contribution in [0.15, 0.2) is 48.7 Å². The smallest absolute Gasteiger partial charge is 0.181 e. The summed E-state index contributed by atoms with van der Waals surface area (Å²) >= 11 is 0. The summed E-state index contributed by atoms with van der Waals surface area (Å²) in [6.07, 6.45) is 2.87. The Morgan fingerprint density at radius 1 is 1.15 bits per heavy atom. The summed E-state index contributed by atoms with van der Waals surface area (Å²) in [5, 5.41) is 0. The maximum atomic E-state index is 12.0. The normalized spacial score (nSPS) is 10.6. The monoisotopic (exact) mass is 269 g/mol. The van der Waals surface area contributed by atoms with Crippen molar-refractivity contribution >= 4 is 5.78 Å². The average Bonchev–Trinajstić information content (AvgIpc) is 2.46. The van der Waals surface area contributed by atoms with E-state index < -0.39 is 0 Å². The average molecular weight is 269 g/mol. The Morgan fingerprint density at radius 3 is 2.60 bits per heavy atom.